The Hall–Kier alpha value is -4.62. The maximum absolute atomic E-state index is 2.44. The van der Waals surface area contributed by atoms with E-state index in [1.165, 1.54) is 100 Å². The van der Waals surface area contributed by atoms with Gasteiger partial charge in [0.25, 0.3) is 0 Å². The molecule has 0 bridgehead atoms. The van der Waals surface area contributed by atoms with Gasteiger partial charge in [0.05, 0.1) is 0 Å². The molecular formula is C48H49N. The zero-order valence-corrected chi connectivity index (χ0v) is 29.7. The second kappa shape index (κ2) is 12.7. The molecule has 2 aliphatic rings. The maximum atomic E-state index is 2.44. The van der Waals surface area contributed by atoms with Crippen molar-refractivity contribution in [2.75, 3.05) is 4.90 Å². The van der Waals surface area contributed by atoms with Gasteiger partial charge in [0, 0.05) is 17.1 Å². The molecule has 1 saturated carbocycles. The van der Waals surface area contributed by atoms with Crippen LogP contribution in [0.25, 0.3) is 33.0 Å². The molecule has 0 atom stereocenters. The smallest absolute Gasteiger partial charge is 0.0468 e. The molecule has 0 N–H and O–H groups in total. The molecule has 8 rings (SSSR count). The van der Waals surface area contributed by atoms with Crippen molar-refractivity contribution < 1.29 is 0 Å². The van der Waals surface area contributed by atoms with Crippen molar-refractivity contribution in [3.05, 3.63) is 150 Å². The van der Waals surface area contributed by atoms with Crippen LogP contribution in [0.1, 0.15) is 95.2 Å². The summed E-state index contributed by atoms with van der Waals surface area (Å²) in [6.07, 6.45) is 9.19. The summed E-state index contributed by atoms with van der Waals surface area (Å²) in [6, 6.07) is 50.2. The first kappa shape index (κ1) is 31.6. The fourth-order valence-electron chi connectivity index (χ4n) is 8.73. The van der Waals surface area contributed by atoms with Gasteiger partial charge in [-0.25, -0.2) is 0 Å². The normalized spacial score (nSPS) is 17.1. The number of rotatable bonds is 6. The lowest BCUT2D eigenvalue weighted by molar-refractivity contribution is 0.333. The van der Waals surface area contributed by atoms with Crippen molar-refractivity contribution in [2.24, 2.45) is 0 Å². The van der Waals surface area contributed by atoms with Gasteiger partial charge >= 0.3 is 0 Å². The Labute approximate surface area is 293 Å². The molecule has 0 amide bonds. The van der Waals surface area contributed by atoms with E-state index in [1.54, 1.807) is 0 Å². The van der Waals surface area contributed by atoms with E-state index in [4.69, 9.17) is 0 Å². The van der Waals surface area contributed by atoms with E-state index in [9.17, 15) is 0 Å². The molecule has 49 heavy (non-hydrogen) atoms. The van der Waals surface area contributed by atoms with Gasteiger partial charge in [0.1, 0.15) is 0 Å². The van der Waals surface area contributed by atoms with Crippen LogP contribution < -0.4 is 4.90 Å². The number of benzene rings is 6. The molecule has 0 saturated heterocycles. The van der Waals surface area contributed by atoms with Crippen molar-refractivity contribution in [3.8, 4) is 22.3 Å². The fourth-order valence-corrected chi connectivity index (χ4v) is 8.73. The highest BCUT2D eigenvalue weighted by atomic mass is 15.1. The zero-order valence-electron chi connectivity index (χ0n) is 29.7. The third kappa shape index (κ3) is 6.10. The third-order valence-electron chi connectivity index (χ3n) is 11.7. The first-order valence-corrected chi connectivity index (χ1v) is 18.5. The van der Waals surface area contributed by atoms with E-state index in [2.05, 4.69) is 166 Å². The summed E-state index contributed by atoms with van der Waals surface area (Å²) < 4.78 is 0. The summed E-state index contributed by atoms with van der Waals surface area (Å²) in [5, 5.41) is 2.51. The topological polar surface area (TPSA) is 3.24 Å². The lowest BCUT2D eigenvalue weighted by Gasteiger charge is -2.43. The van der Waals surface area contributed by atoms with Crippen molar-refractivity contribution in [2.45, 2.75) is 89.4 Å². The average Bonchev–Trinajstić information content (AvgIpc) is 3.14. The molecule has 2 aliphatic carbocycles. The van der Waals surface area contributed by atoms with Gasteiger partial charge in [-0.2, -0.15) is 0 Å². The highest BCUT2D eigenvalue weighted by Gasteiger charge is 2.38. The average molecular weight is 640 g/mol. The molecule has 0 aromatic heterocycles. The van der Waals surface area contributed by atoms with Crippen LogP contribution in [0.3, 0.4) is 0 Å². The first-order chi connectivity index (χ1) is 23.8. The largest absolute Gasteiger partial charge is 0.310 e. The van der Waals surface area contributed by atoms with E-state index >= 15 is 0 Å². The number of fused-ring (bicyclic) bond motifs is 2. The van der Waals surface area contributed by atoms with E-state index in [1.807, 2.05) is 0 Å². The Morgan fingerprint density at radius 1 is 0.490 bits per heavy atom. The van der Waals surface area contributed by atoms with Gasteiger partial charge in [-0.05, 0) is 129 Å². The van der Waals surface area contributed by atoms with Gasteiger partial charge in [0.15, 0.2) is 0 Å². The van der Waals surface area contributed by atoms with Crippen LogP contribution in [0.5, 0.6) is 0 Å². The Balaban J connectivity index is 1.17. The quantitative estimate of drug-likeness (QED) is 0.175. The zero-order chi connectivity index (χ0) is 33.6. The Bertz CT molecular complexity index is 2090. The number of hydrogen-bond acceptors (Lipinski definition) is 1. The lowest BCUT2D eigenvalue weighted by Crippen LogP contribution is -2.34. The van der Waals surface area contributed by atoms with Crippen LogP contribution in [0.15, 0.2) is 133 Å². The Morgan fingerprint density at radius 3 is 1.86 bits per heavy atom. The van der Waals surface area contributed by atoms with Crippen LogP contribution in [-0.2, 0) is 10.8 Å². The minimum Gasteiger partial charge on any atom is -0.310 e. The van der Waals surface area contributed by atoms with Gasteiger partial charge in [-0.1, -0.05) is 144 Å². The van der Waals surface area contributed by atoms with Gasteiger partial charge in [-0.15, -0.1) is 0 Å². The van der Waals surface area contributed by atoms with E-state index in [-0.39, 0.29) is 10.8 Å². The second-order valence-electron chi connectivity index (χ2n) is 15.9. The Kier molecular flexibility index (Phi) is 8.19. The number of anilines is 3. The van der Waals surface area contributed by atoms with Crippen LogP contribution in [0, 0.1) is 0 Å². The minimum absolute atomic E-state index is 0.148. The van der Waals surface area contributed by atoms with Crippen LogP contribution >= 0.6 is 0 Å². The summed E-state index contributed by atoms with van der Waals surface area (Å²) in [4.78, 5) is 2.41. The highest BCUT2D eigenvalue weighted by molar-refractivity contribution is 5.90. The van der Waals surface area contributed by atoms with Crippen LogP contribution in [0.2, 0.25) is 0 Å². The highest BCUT2D eigenvalue weighted by Crippen LogP contribution is 2.49. The van der Waals surface area contributed by atoms with Crippen molar-refractivity contribution in [1.82, 2.24) is 0 Å². The summed E-state index contributed by atoms with van der Waals surface area (Å²) in [7, 11) is 0. The van der Waals surface area contributed by atoms with E-state index in [0.717, 1.165) is 11.4 Å². The fraction of sp³-hybridized carbons (Fsp3) is 0.292. The molecule has 0 radical (unpaired) electrons. The molecule has 1 heteroatoms. The molecule has 0 heterocycles. The Morgan fingerprint density at radius 2 is 1.12 bits per heavy atom. The van der Waals surface area contributed by atoms with Gasteiger partial charge < -0.3 is 4.90 Å². The third-order valence-corrected chi connectivity index (χ3v) is 11.7. The molecule has 0 spiro atoms. The first-order valence-electron chi connectivity index (χ1n) is 18.5. The van der Waals surface area contributed by atoms with Crippen molar-refractivity contribution >= 4 is 27.8 Å². The summed E-state index contributed by atoms with van der Waals surface area (Å²) in [5.74, 6) is 0.707. The summed E-state index contributed by atoms with van der Waals surface area (Å²) in [6.45, 7) is 9.68. The number of nitrogens with zero attached hydrogens (tertiary/aromatic N) is 1. The van der Waals surface area contributed by atoms with Gasteiger partial charge in [0.2, 0.25) is 0 Å². The molecule has 1 nitrogen and oxygen atoms in total. The van der Waals surface area contributed by atoms with E-state index < -0.39 is 0 Å². The van der Waals surface area contributed by atoms with Gasteiger partial charge in [-0.3, -0.25) is 0 Å². The lowest BCUT2D eigenvalue weighted by atomic mass is 9.61. The molecule has 1 fully saturated rings. The molecule has 6 aromatic rings. The van der Waals surface area contributed by atoms with Crippen molar-refractivity contribution in [1.29, 1.82) is 0 Å². The number of hydrogen-bond donors (Lipinski definition) is 0. The molecule has 0 aliphatic heterocycles. The summed E-state index contributed by atoms with van der Waals surface area (Å²) in [5.41, 5.74) is 13.6. The van der Waals surface area contributed by atoms with Crippen LogP contribution in [-0.4, -0.2) is 0 Å². The van der Waals surface area contributed by atoms with Crippen molar-refractivity contribution in [3.63, 3.8) is 0 Å². The molecular weight excluding hydrogens is 591 g/mol. The maximum Gasteiger partial charge on any atom is 0.0468 e. The summed E-state index contributed by atoms with van der Waals surface area (Å²) >= 11 is 0. The molecule has 0 unspecified atom stereocenters. The SMILES string of the molecule is CC1(C)CCC(C)(C)c2c(-c3ccc(N(c4ccc(-c5cccc(C6CCCCC6)c5)cc4)c4ccc5ccccc5c4)cc3)cccc21. The minimum atomic E-state index is 0.148. The van der Waals surface area contributed by atoms with E-state index in [0.29, 0.717) is 5.92 Å². The second-order valence-corrected chi connectivity index (χ2v) is 15.9. The van der Waals surface area contributed by atoms with Crippen LogP contribution in [0.4, 0.5) is 17.1 Å². The standard InChI is InChI=1S/C48H49N/c1-47(2)30-31-48(3,4)46-44(18-11-19-45(46)47)37-23-27-42(28-24-37)49(43-29-22-35-14-8-9-15-40(35)33-43)41-25-20-36(21-26-41)39-17-10-16-38(32-39)34-12-6-5-7-13-34/h8-11,14-29,32-34H,5-7,12-13,30-31H2,1-4H3. The predicted octanol–water partition coefficient (Wildman–Crippen LogP) is 14.0. The monoisotopic (exact) mass is 639 g/mol. The predicted molar refractivity (Wildman–Crippen MR) is 211 cm³/mol. The molecule has 246 valence electrons. The molecule has 6 aromatic carbocycles.